The van der Waals surface area contributed by atoms with Crippen LogP contribution in [0.15, 0.2) is 36.9 Å². The van der Waals surface area contributed by atoms with Crippen molar-refractivity contribution in [2.45, 2.75) is 64.3 Å². The zero-order chi connectivity index (χ0) is 19.1. The summed E-state index contributed by atoms with van der Waals surface area (Å²) >= 11 is 0. The van der Waals surface area contributed by atoms with Gasteiger partial charge in [-0.2, -0.15) is 0 Å². The van der Waals surface area contributed by atoms with E-state index in [4.69, 9.17) is 5.11 Å². The van der Waals surface area contributed by atoms with E-state index in [9.17, 15) is 4.79 Å². The summed E-state index contributed by atoms with van der Waals surface area (Å²) in [5, 5.41) is 9.06. The van der Waals surface area contributed by atoms with Crippen LogP contribution < -0.4 is 4.90 Å². The minimum atomic E-state index is -0.731. The third-order valence-electron chi connectivity index (χ3n) is 5.52. The molecule has 0 saturated carbocycles. The van der Waals surface area contributed by atoms with E-state index in [1.807, 2.05) is 18.7 Å². The molecule has 146 valence electrons. The minimum absolute atomic E-state index is 0.187. The van der Waals surface area contributed by atoms with Gasteiger partial charge >= 0.3 is 5.97 Å². The summed E-state index contributed by atoms with van der Waals surface area (Å²) in [6.07, 6.45) is 13.2. The Hall–Kier alpha value is -2.30. The Balaban J connectivity index is 1.70. The molecule has 1 aliphatic heterocycles. The number of hydrogen-bond acceptors (Lipinski definition) is 3. The Kier molecular flexibility index (Phi) is 6.91. The van der Waals surface area contributed by atoms with Crippen LogP contribution in [0.1, 0.15) is 62.5 Å². The molecule has 1 N–H and O–H groups in total. The lowest BCUT2D eigenvalue weighted by Gasteiger charge is -2.19. The summed E-state index contributed by atoms with van der Waals surface area (Å²) < 4.78 is 2.12. The fourth-order valence-corrected chi connectivity index (χ4v) is 4.01. The fraction of sp³-hybridized carbons (Fsp3) is 0.545. The van der Waals surface area contributed by atoms with Crippen LogP contribution in [-0.4, -0.2) is 33.7 Å². The number of rotatable bonds is 11. The Labute approximate surface area is 162 Å². The SMILES string of the molecule is CCCCCCc1ccc2c(c1)C(CCn1ccnc1)CN2CCC(=O)O. The molecule has 0 spiro atoms. The summed E-state index contributed by atoms with van der Waals surface area (Å²) in [7, 11) is 0. The summed E-state index contributed by atoms with van der Waals surface area (Å²) in [6, 6.07) is 6.82. The molecule has 0 saturated heterocycles. The average Bonchev–Trinajstić information content (AvgIpc) is 3.29. The van der Waals surface area contributed by atoms with Gasteiger partial charge in [-0.3, -0.25) is 4.79 Å². The van der Waals surface area contributed by atoms with Crippen LogP contribution in [0.25, 0.3) is 0 Å². The van der Waals surface area contributed by atoms with Gasteiger partial charge in [-0.25, -0.2) is 4.98 Å². The lowest BCUT2D eigenvalue weighted by Crippen LogP contribution is -2.25. The van der Waals surface area contributed by atoms with Crippen LogP contribution in [0.5, 0.6) is 0 Å². The minimum Gasteiger partial charge on any atom is -0.481 e. The number of carbonyl (C=O) groups is 1. The van der Waals surface area contributed by atoms with E-state index in [0.717, 1.165) is 25.9 Å². The molecule has 5 heteroatoms. The second-order valence-electron chi connectivity index (χ2n) is 7.58. The molecule has 1 aromatic heterocycles. The van der Waals surface area contributed by atoms with Crippen molar-refractivity contribution in [3.05, 3.63) is 48.0 Å². The van der Waals surface area contributed by atoms with E-state index in [2.05, 4.69) is 39.6 Å². The average molecular weight is 370 g/mol. The van der Waals surface area contributed by atoms with Gasteiger partial charge in [-0.05, 0) is 36.5 Å². The lowest BCUT2D eigenvalue weighted by atomic mass is 9.94. The van der Waals surface area contributed by atoms with Crippen molar-refractivity contribution < 1.29 is 9.90 Å². The smallest absolute Gasteiger partial charge is 0.305 e. The van der Waals surface area contributed by atoms with Gasteiger partial charge in [0, 0.05) is 43.6 Å². The topological polar surface area (TPSA) is 58.4 Å². The molecular formula is C22H31N3O2. The number of nitrogens with zero attached hydrogens (tertiary/aromatic N) is 3. The van der Waals surface area contributed by atoms with E-state index < -0.39 is 5.97 Å². The molecule has 1 aliphatic rings. The molecule has 1 atom stereocenters. The first-order chi connectivity index (χ1) is 13.2. The Morgan fingerprint density at radius 1 is 1.26 bits per heavy atom. The van der Waals surface area contributed by atoms with Crippen LogP contribution in [0.2, 0.25) is 0 Å². The zero-order valence-electron chi connectivity index (χ0n) is 16.3. The van der Waals surface area contributed by atoms with Crippen LogP contribution in [0.3, 0.4) is 0 Å². The highest BCUT2D eigenvalue weighted by Gasteiger charge is 2.28. The predicted molar refractivity (Wildman–Crippen MR) is 108 cm³/mol. The van der Waals surface area contributed by atoms with Crippen LogP contribution in [0.4, 0.5) is 5.69 Å². The predicted octanol–water partition coefficient (Wildman–Crippen LogP) is 4.47. The Morgan fingerprint density at radius 3 is 2.89 bits per heavy atom. The van der Waals surface area contributed by atoms with Crippen LogP contribution in [-0.2, 0) is 17.8 Å². The largest absolute Gasteiger partial charge is 0.481 e. The maximum atomic E-state index is 11.0. The quantitative estimate of drug-likeness (QED) is 0.594. The Morgan fingerprint density at radius 2 is 2.15 bits per heavy atom. The number of benzene rings is 1. The van der Waals surface area contributed by atoms with E-state index in [-0.39, 0.29) is 6.42 Å². The maximum absolute atomic E-state index is 11.0. The van der Waals surface area contributed by atoms with Crippen LogP contribution >= 0.6 is 0 Å². The normalized spacial score (nSPS) is 15.9. The van der Waals surface area contributed by atoms with Gasteiger partial charge in [-0.1, -0.05) is 38.3 Å². The molecule has 2 aromatic rings. The zero-order valence-corrected chi connectivity index (χ0v) is 16.3. The van der Waals surface area contributed by atoms with Crippen molar-refractivity contribution >= 4 is 11.7 Å². The molecule has 0 aliphatic carbocycles. The number of aliphatic carboxylic acids is 1. The molecule has 3 rings (SSSR count). The van der Waals surface area contributed by atoms with Gasteiger partial charge < -0.3 is 14.6 Å². The number of carboxylic acid groups (broad SMARTS) is 1. The molecule has 0 radical (unpaired) electrons. The van der Waals surface area contributed by atoms with Gasteiger partial charge in [-0.15, -0.1) is 0 Å². The molecule has 0 bridgehead atoms. The second kappa shape index (κ2) is 9.58. The molecule has 2 heterocycles. The highest BCUT2D eigenvalue weighted by Crippen LogP contribution is 2.39. The van der Waals surface area contributed by atoms with Crippen molar-refractivity contribution in [1.29, 1.82) is 0 Å². The fourth-order valence-electron chi connectivity index (χ4n) is 4.01. The summed E-state index contributed by atoms with van der Waals surface area (Å²) in [5.74, 6) is -0.280. The summed E-state index contributed by atoms with van der Waals surface area (Å²) in [6.45, 7) is 4.68. The van der Waals surface area contributed by atoms with E-state index in [1.54, 1.807) is 0 Å². The van der Waals surface area contributed by atoms with Crippen molar-refractivity contribution in [2.75, 3.05) is 18.0 Å². The first-order valence-electron chi connectivity index (χ1n) is 10.2. The highest BCUT2D eigenvalue weighted by molar-refractivity contribution is 5.69. The number of imidazole rings is 1. The number of hydrogen-bond donors (Lipinski definition) is 1. The number of fused-ring (bicyclic) bond motifs is 1. The third-order valence-corrected chi connectivity index (χ3v) is 5.52. The standard InChI is InChI=1S/C22H31N3O2/c1-2-3-4-5-6-18-7-8-21-20(15-18)19(9-12-24-14-11-23-17-24)16-25(21)13-10-22(26)27/h7-8,11,14-15,17,19H,2-6,9-10,12-13,16H2,1H3,(H,26,27). The monoisotopic (exact) mass is 369 g/mol. The number of aryl methyl sites for hydroxylation is 2. The number of aromatic nitrogens is 2. The number of unbranched alkanes of at least 4 members (excludes halogenated alkanes) is 3. The van der Waals surface area contributed by atoms with Gasteiger partial charge in [0.1, 0.15) is 0 Å². The number of anilines is 1. The van der Waals surface area contributed by atoms with Crippen molar-refractivity contribution in [2.24, 2.45) is 0 Å². The van der Waals surface area contributed by atoms with E-state index >= 15 is 0 Å². The molecule has 0 fully saturated rings. The van der Waals surface area contributed by atoms with Gasteiger partial charge in [0.05, 0.1) is 12.7 Å². The van der Waals surface area contributed by atoms with Gasteiger partial charge in [0.25, 0.3) is 0 Å². The first-order valence-corrected chi connectivity index (χ1v) is 10.2. The third kappa shape index (κ3) is 5.34. The number of carboxylic acids is 1. The highest BCUT2D eigenvalue weighted by atomic mass is 16.4. The van der Waals surface area contributed by atoms with Crippen molar-refractivity contribution in [3.8, 4) is 0 Å². The van der Waals surface area contributed by atoms with Crippen molar-refractivity contribution in [1.82, 2.24) is 9.55 Å². The van der Waals surface area contributed by atoms with Crippen LogP contribution in [0, 0.1) is 0 Å². The second-order valence-corrected chi connectivity index (χ2v) is 7.58. The maximum Gasteiger partial charge on any atom is 0.305 e. The van der Waals surface area contributed by atoms with E-state index in [0.29, 0.717) is 12.5 Å². The molecule has 5 nitrogen and oxygen atoms in total. The van der Waals surface area contributed by atoms with Crippen molar-refractivity contribution in [3.63, 3.8) is 0 Å². The first kappa shape index (κ1) is 19.5. The molecule has 0 amide bonds. The Bertz CT molecular complexity index is 727. The molecule has 1 unspecified atom stereocenters. The van der Waals surface area contributed by atoms with Gasteiger partial charge in [0.15, 0.2) is 0 Å². The van der Waals surface area contributed by atoms with Gasteiger partial charge in [0.2, 0.25) is 0 Å². The summed E-state index contributed by atoms with van der Waals surface area (Å²) in [4.78, 5) is 17.4. The van der Waals surface area contributed by atoms with E-state index in [1.165, 1.54) is 42.5 Å². The molecule has 1 aromatic carbocycles. The lowest BCUT2D eigenvalue weighted by molar-refractivity contribution is -0.136. The summed E-state index contributed by atoms with van der Waals surface area (Å²) in [5.41, 5.74) is 4.04. The molecule has 27 heavy (non-hydrogen) atoms. The molecular weight excluding hydrogens is 338 g/mol.